The number of carbonyl (C=O) groups is 2. The van der Waals surface area contributed by atoms with Gasteiger partial charge >= 0.3 is 0 Å². The lowest BCUT2D eigenvalue weighted by atomic mass is 9.97. The number of likely N-dealkylation sites (tertiary alicyclic amines) is 1. The number of nitrogens with one attached hydrogen (secondary N) is 2. The summed E-state index contributed by atoms with van der Waals surface area (Å²) in [5, 5.41) is 2.88. The fourth-order valence-corrected chi connectivity index (χ4v) is 3.15. The molecule has 5 heteroatoms. The Morgan fingerprint density at radius 1 is 1.12 bits per heavy atom. The number of piperidine rings is 1. The van der Waals surface area contributed by atoms with Crippen LogP contribution in [0.5, 0.6) is 0 Å². The highest BCUT2D eigenvalue weighted by molar-refractivity contribution is 6.02. The molecule has 0 spiro atoms. The van der Waals surface area contributed by atoms with E-state index in [2.05, 4.69) is 12.2 Å². The van der Waals surface area contributed by atoms with Crippen LogP contribution in [0.2, 0.25) is 0 Å². The fourth-order valence-electron chi connectivity index (χ4n) is 3.15. The number of Topliss-reactive ketones (excluding diaryl/α,β-unsaturated/α-hetero) is 1. The molecule has 1 aliphatic rings. The average molecular weight is 327 g/mol. The van der Waals surface area contributed by atoms with Gasteiger partial charge in [-0.1, -0.05) is 37.3 Å². The number of hydrogen-bond donors (Lipinski definition) is 2. The van der Waals surface area contributed by atoms with E-state index >= 15 is 0 Å². The van der Waals surface area contributed by atoms with Gasteiger partial charge in [-0.15, -0.1) is 0 Å². The first-order valence-electron chi connectivity index (χ1n) is 8.43. The number of benzene rings is 1. The Morgan fingerprint density at radius 2 is 1.83 bits per heavy atom. The Balaban J connectivity index is 1.80. The standard InChI is InChI=1S/C19H22N2O3/c1-14-9-11-21(12-10-14)18(17(22)15-6-3-2-4-7-15)20-19(23)16-8-5-13-24-16/h2-8,13-14,18H,9-12H2,1H3,(H,20,23)/p+1/t18-/m0/s1. The van der Waals surface area contributed by atoms with Gasteiger partial charge in [-0.3, -0.25) is 14.9 Å². The Bertz CT molecular complexity index is 674. The Labute approximate surface area is 141 Å². The highest BCUT2D eigenvalue weighted by atomic mass is 16.3. The summed E-state index contributed by atoms with van der Waals surface area (Å²) in [6, 6.07) is 12.4. The van der Waals surface area contributed by atoms with Gasteiger partial charge in [0.15, 0.2) is 5.76 Å². The summed E-state index contributed by atoms with van der Waals surface area (Å²) < 4.78 is 5.15. The van der Waals surface area contributed by atoms with Crippen LogP contribution in [-0.2, 0) is 0 Å². The van der Waals surface area contributed by atoms with Crippen molar-refractivity contribution in [1.82, 2.24) is 5.32 Å². The molecule has 0 unspecified atom stereocenters. The summed E-state index contributed by atoms with van der Waals surface area (Å²) in [5.41, 5.74) is 0.619. The normalized spacial score (nSPS) is 21.9. The third-order valence-electron chi connectivity index (χ3n) is 4.67. The maximum absolute atomic E-state index is 13.0. The number of furan rings is 1. The minimum atomic E-state index is -0.586. The van der Waals surface area contributed by atoms with Crippen LogP contribution in [0.15, 0.2) is 53.1 Å². The molecule has 1 aromatic carbocycles. The molecule has 0 radical (unpaired) electrons. The van der Waals surface area contributed by atoms with Gasteiger partial charge in [0.05, 0.1) is 19.4 Å². The molecule has 24 heavy (non-hydrogen) atoms. The van der Waals surface area contributed by atoms with Gasteiger partial charge in [0.1, 0.15) is 0 Å². The van der Waals surface area contributed by atoms with Crippen LogP contribution in [0.3, 0.4) is 0 Å². The molecule has 126 valence electrons. The highest BCUT2D eigenvalue weighted by Gasteiger charge is 2.34. The molecule has 1 amide bonds. The summed E-state index contributed by atoms with van der Waals surface area (Å²) in [6.07, 6.45) is 2.99. The molecule has 0 aliphatic carbocycles. The molecule has 0 saturated carbocycles. The maximum atomic E-state index is 13.0. The number of ketones is 1. The number of carbonyl (C=O) groups excluding carboxylic acids is 2. The van der Waals surface area contributed by atoms with Crippen molar-refractivity contribution in [2.75, 3.05) is 13.1 Å². The van der Waals surface area contributed by atoms with Gasteiger partial charge in [-0.2, -0.15) is 0 Å². The molecular weight excluding hydrogens is 304 g/mol. The highest BCUT2D eigenvalue weighted by Crippen LogP contribution is 2.09. The molecule has 2 N–H and O–H groups in total. The largest absolute Gasteiger partial charge is 0.459 e. The zero-order chi connectivity index (χ0) is 16.9. The molecular formula is C19H23N2O3+. The summed E-state index contributed by atoms with van der Waals surface area (Å²) in [5.74, 6) is 0.494. The third-order valence-corrected chi connectivity index (χ3v) is 4.67. The van der Waals surface area contributed by atoms with Crippen LogP contribution in [0, 0.1) is 5.92 Å². The Kier molecular flexibility index (Phi) is 5.11. The van der Waals surface area contributed by atoms with Gasteiger partial charge in [0.25, 0.3) is 5.91 Å². The van der Waals surface area contributed by atoms with Gasteiger partial charge in [0, 0.05) is 5.56 Å². The lowest BCUT2D eigenvalue weighted by Gasteiger charge is -2.33. The average Bonchev–Trinajstić information content (AvgIpc) is 3.15. The molecule has 1 aromatic heterocycles. The molecule has 2 aromatic rings. The van der Waals surface area contributed by atoms with Gasteiger partial charge < -0.3 is 9.32 Å². The van der Waals surface area contributed by atoms with E-state index in [1.165, 1.54) is 6.26 Å². The van der Waals surface area contributed by atoms with E-state index in [-0.39, 0.29) is 17.5 Å². The second kappa shape index (κ2) is 7.45. The van der Waals surface area contributed by atoms with Gasteiger partial charge in [-0.25, -0.2) is 0 Å². The fraction of sp³-hybridized carbons (Fsp3) is 0.368. The molecule has 1 aliphatic heterocycles. The molecule has 0 bridgehead atoms. The van der Waals surface area contributed by atoms with Crippen molar-refractivity contribution < 1.29 is 18.9 Å². The first kappa shape index (κ1) is 16.5. The van der Waals surface area contributed by atoms with Crippen molar-refractivity contribution in [2.24, 2.45) is 5.92 Å². The second-order valence-electron chi connectivity index (χ2n) is 6.45. The van der Waals surface area contributed by atoms with Crippen molar-refractivity contribution in [1.29, 1.82) is 0 Å². The van der Waals surface area contributed by atoms with Crippen molar-refractivity contribution in [2.45, 2.75) is 25.9 Å². The van der Waals surface area contributed by atoms with E-state index in [9.17, 15) is 9.59 Å². The Hall–Kier alpha value is -2.40. The monoisotopic (exact) mass is 327 g/mol. The number of hydrogen-bond acceptors (Lipinski definition) is 3. The second-order valence-corrected chi connectivity index (χ2v) is 6.45. The smallest absolute Gasteiger partial charge is 0.291 e. The Morgan fingerprint density at radius 3 is 2.46 bits per heavy atom. The summed E-state index contributed by atoms with van der Waals surface area (Å²) in [6.45, 7) is 3.98. The zero-order valence-electron chi connectivity index (χ0n) is 13.8. The minimum Gasteiger partial charge on any atom is -0.459 e. The van der Waals surface area contributed by atoms with E-state index in [1.807, 2.05) is 18.2 Å². The maximum Gasteiger partial charge on any atom is 0.291 e. The molecule has 2 heterocycles. The lowest BCUT2D eigenvalue weighted by molar-refractivity contribution is -0.923. The number of amides is 1. The lowest BCUT2D eigenvalue weighted by Crippen LogP contribution is -3.19. The van der Waals surface area contributed by atoms with Crippen LogP contribution in [0.1, 0.15) is 40.7 Å². The van der Waals surface area contributed by atoms with E-state index in [0.29, 0.717) is 11.5 Å². The molecule has 1 atom stereocenters. The summed E-state index contributed by atoms with van der Waals surface area (Å²) >= 11 is 0. The molecule has 1 saturated heterocycles. The van der Waals surface area contributed by atoms with Crippen LogP contribution in [-0.4, -0.2) is 30.9 Å². The quantitative estimate of drug-likeness (QED) is 0.819. The SMILES string of the molecule is CC1CC[NH+]([C@H](NC(=O)c2ccco2)C(=O)c2ccccc2)CC1. The summed E-state index contributed by atoms with van der Waals surface area (Å²) in [4.78, 5) is 26.5. The van der Waals surface area contributed by atoms with E-state index in [1.54, 1.807) is 24.3 Å². The zero-order valence-corrected chi connectivity index (χ0v) is 13.8. The predicted octanol–water partition coefficient (Wildman–Crippen LogP) is 1.53. The van der Waals surface area contributed by atoms with Crippen molar-refractivity contribution in [3.8, 4) is 0 Å². The van der Waals surface area contributed by atoms with E-state index < -0.39 is 6.17 Å². The van der Waals surface area contributed by atoms with E-state index in [4.69, 9.17) is 4.42 Å². The van der Waals surface area contributed by atoms with Gasteiger partial charge in [0.2, 0.25) is 11.9 Å². The summed E-state index contributed by atoms with van der Waals surface area (Å²) in [7, 11) is 0. The molecule has 1 fully saturated rings. The number of rotatable bonds is 5. The minimum absolute atomic E-state index is 0.0555. The van der Waals surface area contributed by atoms with Crippen molar-refractivity contribution >= 4 is 11.7 Å². The number of quaternary nitrogens is 1. The van der Waals surface area contributed by atoms with Gasteiger partial charge in [-0.05, 0) is 30.9 Å². The topological polar surface area (TPSA) is 63.8 Å². The van der Waals surface area contributed by atoms with Crippen molar-refractivity contribution in [3.63, 3.8) is 0 Å². The third kappa shape index (κ3) is 3.74. The van der Waals surface area contributed by atoms with Crippen LogP contribution in [0.25, 0.3) is 0 Å². The first-order chi connectivity index (χ1) is 11.6. The van der Waals surface area contributed by atoms with Crippen LogP contribution >= 0.6 is 0 Å². The van der Waals surface area contributed by atoms with E-state index in [0.717, 1.165) is 30.8 Å². The predicted molar refractivity (Wildman–Crippen MR) is 89.8 cm³/mol. The first-order valence-corrected chi connectivity index (χ1v) is 8.43. The van der Waals surface area contributed by atoms with Crippen molar-refractivity contribution in [3.05, 3.63) is 60.1 Å². The van der Waals surface area contributed by atoms with Crippen LogP contribution in [0.4, 0.5) is 0 Å². The molecule has 5 nitrogen and oxygen atoms in total. The van der Waals surface area contributed by atoms with Crippen LogP contribution < -0.4 is 10.2 Å². The molecule has 3 rings (SSSR count).